The maximum Gasteiger partial charge on any atom is 0.229 e. The smallest absolute Gasteiger partial charge is 0.229 e. The number of hydrogen-bond acceptors (Lipinski definition) is 7. The van der Waals surface area contributed by atoms with Gasteiger partial charge in [0.15, 0.2) is 29.0 Å². The van der Waals surface area contributed by atoms with Crippen molar-refractivity contribution in [3.8, 4) is 5.75 Å². The fraction of sp³-hybridized carbons (Fsp3) is 0.208. The number of allylic oxidation sites excluding steroid dienone is 1. The van der Waals surface area contributed by atoms with Gasteiger partial charge in [-0.25, -0.2) is 13.8 Å². The molecular formula is C24H24F2N4O3. The Bertz CT molecular complexity index is 1150. The van der Waals surface area contributed by atoms with Gasteiger partial charge in [-0.1, -0.05) is 18.7 Å². The minimum absolute atomic E-state index is 0.0694. The third kappa shape index (κ3) is 6.81. The zero-order valence-electron chi connectivity index (χ0n) is 18.3. The van der Waals surface area contributed by atoms with Crippen LogP contribution in [0.25, 0.3) is 0 Å². The molecule has 0 aliphatic carbocycles. The SMILES string of the molecule is C=C(C)C(=O)Cc1cccc(Nc2nc(Nc3ccc(OCCOC)c(F)c3)ncc2F)c1. The Balaban J connectivity index is 1.72. The molecule has 3 aromatic rings. The van der Waals surface area contributed by atoms with Crippen LogP contribution in [0.4, 0.5) is 31.9 Å². The van der Waals surface area contributed by atoms with Crippen LogP contribution < -0.4 is 15.4 Å². The molecule has 2 N–H and O–H groups in total. The van der Waals surface area contributed by atoms with Crippen molar-refractivity contribution >= 4 is 28.9 Å². The van der Waals surface area contributed by atoms with Crippen molar-refractivity contribution < 1.29 is 23.0 Å². The van der Waals surface area contributed by atoms with Crippen molar-refractivity contribution in [2.24, 2.45) is 0 Å². The molecule has 33 heavy (non-hydrogen) atoms. The molecule has 2 aromatic carbocycles. The van der Waals surface area contributed by atoms with Gasteiger partial charge in [-0.3, -0.25) is 4.79 Å². The second kappa shape index (κ2) is 11.1. The molecule has 0 aliphatic heterocycles. The van der Waals surface area contributed by atoms with E-state index in [9.17, 15) is 13.6 Å². The molecule has 0 aliphatic rings. The summed E-state index contributed by atoms with van der Waals surface area (Å²) >= 11 is 0. The Kier molecular flexibility index (Phi) is 8.04. The number of Topliss-reactive ketones (excluding diaryl/α,β-unsaturated/α-hetero) is 1. The lowest BCUT2D eigenvalue weighted by Crippen LogP contribution is -2.06. The number of ether oxygens (including phenoxy) is 2. The van der Waals surface area contributed by atoms with E-state index < -0.39 is 11.6 Å². The lowest BCUT2D eigenvalue weighted by Gasteiger charge is -2.11. The first kappa shape index (κ1) is 23.8. The van der Waals surface area contributed by atoms with Crippen LogP contribution in [-0.4, -0.2) is 36.1 Å². The molecule has 0 spiro atoms. The minimum Gasteiger partial charge on any atom is -0.488 e. The predicted molar refractivity (Wildman–Crippen MR) is 122 cm³/mol. The van der Waals surface area contributed by atoms with Crippen molar-refractivity contribution in [2.45, 2.75) is 13.3 Å². The van der Waals surface area contributed by atoms with Gasteiger partial charge in [0, 0.05) is 31.0 Å². The molecule has 0 atom stereocenters. The van der Waals surface area contributed by atoms with Crippen molar-refractivity contribution in [3.05, 3.63) is 78.0 Å². The molecule has 0 radical (unpaired) electrons. The van der Waals surface area contributed by atoms with E-state index >= 15 is 0 Å². The van der Waals surface area contributed by atoms with Gasteiger partial charge < -0.3 is 20.1 Å². The summed E-state index contributed by atoms with van der Waals surface area (Å²) in [5, 5.41) is 5.72. The quantitative estimate of drug-likeness (QED) is 0.313. The third-order valence-electron chi connectivity index (χ3n) is 4.51. The molecule has 3 rings (SSSR count). The van der Waals surface area contributed by atoms with E-state index in [1.807, 2.05) is 0 Å². The van der Waals surface area contributed by atoms with Crippen LogP contribution in [-0.2, 0) is 16.0 Å². The average Bonchev–Trinajstić information content (AvgIpc) is 2.78. The minimum atomic E-state index is -0.669. The summed E-state index contributed by atoms with van der Waals surface area (Å²) in [5.74, 6) is -1.23. The number of anilines is 4. The summed E-state index contributed by atoms with van der Waals surface area (Å²) in [6.45, 7) is 5.87. The Morgan fingerprint density at radius 1 is 1.06 bits per heavy atom. The number of nitrogens with one attached hydrogen (secondary N) is 2. The first-order chi connectivity index (χ1) is 15.9. The van der Waals surface area contributed by atoms with Gasteiger partial charge in [0.2, 0.25) is 5.95 Å². The number of methoxy groups -OCH3 is 1. The van der Waals surface area contributed by atoms with E-state index in [0.29, 0.717) is 23.6 Å². The maximum atomic E-state index is 14.3. The summed E-state index contributed by atoms with van der Waals surface area (Å²) < 4.78 is 38.7. The molecule has 0 fully saturated rings. The fourth-order valence-corrected chi connectivity index (χ4v) is 2.81. The topological polar surface area (TPSA) is 85.4 Å². The van der Waals surface area contributed by atoms with E-state index in [4.69, 9.17) is 9.47 Å². The molecule has 0 amide bonds. The number of carbonyl (C=O) groups excluding carboxylic acids is 1. The monoisotopic (exact) mass is 454 g/mol. The van der Waals surface area contributed by atoms with Gasteiger partial charge in [-0.15, -0.1) is 0 Å². The van der Waals surface area contributed by atoms with Gasteiger partial charge in [0.1, 0.15) is 6.61 Å². The number of hydrogen-bond donors (Lipinski definition) is 2. The largest absolute Gasteiger partial charge is 0.488 e. The summed E-state index contributed by atoms with van der Waals surface area (Å²) in [5.41, 5.74) is 2.14. The highest BCUT2D eigenvalue weighted by Crippen LogP contribution is 2.25. The summed E-state index contributed by atoms with van der Waals surface area (Å²) in [6, 6.07) is 11.3. The first-order valence-electron chi connectivity index (χ1n) is 10.1. The number of carbonyl (C=O) groups is 1. The van der Waals surface area contributed by atoms with E-state index in [1.54, 1.807) is 37.3 Å². The van der Waals surface area contributed by atoms with E-state index in [0.717, 1.165) is 11.8 Å². The van der Waals surface area contributed by atoms with Crippen molar-refractivity contribution in [2.75, 3.05) is 31.0 Å². The van der Waals surface area contributed by atoms with Crippen LogP contribution in [0.1, 0.15) is 12.5 Å². The molecule has 1 aromatic heterocycles. The number of halogens is 2. The zero-order valence-corrected chi connectivity index (χ0v) is 18.3. The molecule has 0 saturated carbocycles. The predicted octanol–water partition coefficient (Wildman–Crippen LogP) is 4.95. The van der Waals surface area contributed by atoms with Crippen molar-refractivity contribution in [3.63, 3.8) is 0 Å². The molecular weight excluding hydrogens is 430 g/mol. The molecule has 172 valence electrons. The lowest BCUT2D eigenvalue weighted by atomic mass is 10.0. The first-order valence-corrected chi connectivity index (χ1v) is 10.1. The fourth-order valence-electron chi connectivity index (χ4n) is 2.81. The van der Waals surface area contributed by atoms with Crippen molar-refractivity contribution in [1.82, 2.24) is 9.97 Å². The molecule has 9 heteroatoms. The number of ketones is 1. The second-order valence-electron chi connectivity index (χ2n) is 7.21. The van der Waals surface area contributed by atoms with Gasteiger partial charge in [0.05, 0.1) is 12.8 Å². The average molecular weight is 454 g/mol. The van der Waals surface area contributed by atoms with Crippen molar-refractivity contribution in [1.29, 1.82) is 0 Å². The maximum absolute atomic E-state index is 14.3. The Morgan fingerprint density at radius 2 is 1.85 bits per heavy atom. The summed E-state index contributed by atoms with van der Waals surface area (Å²) in [6.07, 6.45) is 1.20. The lowest BCUT2D eigenvalue weighted by molar-refractivity contribution is -0.114. The van der Waals surface area contributed by atoms with Gasteiger partial charge in [0.25, 0.3) is 0 Å². The Hall–Kier alpha value is -3.85. The van der Waals surface area contributed by atoms with Crippen LogP contribution in [0.2, 0.25) is 0 Å². The van der Waals surface area contributed by atoms with Gasteiger partial charge in [-0.2, -0.15) is 4.98 Å². The van der Waals surface area contributed by atoms with Crippen LogP contribution in [0.15, 0.2) is 60.8 Å². The number of aromatic nitrogens is 2. The standard InChI is InChI=1S/C24H24F2N4O3/c1-15(2)21(31)12-16-5-4-6-17(11-16)28-23-20(26)14-27-24(30-23)29-18-7-8-22(19(25)13-18)33-10-9-32-3/h4-8,11,13-14H,1,9-10,12H2,2-3H3,(H2,27,28,29,30). The molecule has 0 bridgehead atoms. The summed E-state index contributed by atoms with van der Waals surface area (Å²) in [4.78, 5) is 20.0. The zero-order chi connectivity index (χ0) is 23.8. The number of benzene rings is 2. The summed E-state index contributed by atoms with van der Waals surface area (Å²) in [7, 11) is 1.53. The normalized spacial score (nSPS) is 10.5. The Morgan fingerprint density at radius 3 is 2.58 bits per heavy atom. The van der Waals surface area contributed by atoms with E-state index in [-0.39, 0.29) is 36.3 Å². The highest BCUT2D eigenvalue weighted by Gasteiger charge is 2.11. The highest BCUT2D eigenvalue weighted by molar-refractivity contribution is 5.95. The van der Waals surface area contributed by atoms with Crippen LogP contribution in [0.3, 0.4) is 0 Å². The molecule has 0 unspecified atom stereocenters. The molecule has 0 saturated heterocycles. The van der Waals surface area contributed by atoms with E-state index in [1.165, 1.54) is 19.2 Å². The number of rotatable bonds is 11. The second-order valence-corrected chi connectivity index (χ2v) is 7.21. The van der Waals surface area contributed by atoms with E-state index in [2.05, 4.69) is 27.2 Å². The van der Waals surface area contributed by atoms with Crippen LogP contribution in [0.5, 0.6) is 5.75 Å². The molecule has 1 heterocycles. The van der Waals surface area contributed by atoms with Gasteiger partial charge >= 0.3 is 0 Å². The molecule has 7 nitrogen and oxygen atoms in total. The Labute approximate surface area is 190 Å². The van der Waals surface area contributed by atoms with Crippen LogP contribution in [0, 0.1) is 11.6 Å². The number of nitrogens with zero attached hydrogens (tertiary/aromatic N) is 2. The van der Waals surface area contributed by atoms with Gasteiger partial charge in [-0.05, 0) is 42.3 Å². The third-order valence-corrected chi connectivity index (χ3v) is 4.51. The highest BCUT2D eigenvalue weighted by atomic mass is 19.1. The van der Waals surface area contributed by atoms with Crippen LogP contribution >= 0.6 is 0 Å².